The van der Waals surface area contributed by atoms with E-state index in [4.69, 9.17) is 4.74 Å². The molecule has 0 saturated carbocycles. The molecule has 7 heteroatoms. The fourth-order valence-electron chi connectivity index (χ4n) is 3.65. The molecule has 25 heavy (non-hydrogen) atoms. The van der Waals surface area contributed by atoms with Gasteiger partial charge in [-0.3, -0.25) is 19.8 Å². The maximum Gasteiger partial charge on any atom is 0.271 e. The number of amides is 1. The molecule has 2 aliphatic rings. The third-order valence-electron chi connectivity index (χ3n) is 5.03. The van der Waals surface area contributed by atoms with Gasteiger partial charge in [-0.25, -0.2) is 0 Å². The molecule has 0 bridgehead atoms. The number of ether oxygens (including phenoxy) is 1. The maximum absolute atomic E-state index is 12.9. The highest BCUT2D eigenvalue weighted by Gasteiger charge is 2.29. The number of piperidine rings is 1. The lowest BCUT2D eigenvalue weighted by Gasteiger charge is -2.40. The summed E-state index contributed by atoms with van der Waals surface area (Å²) in [6.07, 6.45) is 5.64. The lowest BCUT2D eigenvalue weighted by Crippen LogP contribution is -2.52. The van der Waals surface area contributed by atoms with Gasteiger partial charge in [0.15, 0.2) is 0 Å². The lowest BCUT2D eigenvalue weighted by atomic mass is 10.0. The number of aromatic amines is 1. The van der Waals surface area contributed by atoms with Crippen LogP contribution in [0.2, 0.25) is 0 Å². The SMILES string of the molecule is O=C(c1cc(-c2ccncc2)n[nH]1)N1CCCC(N2CCOCC2)C1. The molecule has 7 nitrogen and oxygen atoms in total. The molecular weight excluding hydrogens is 318 g/mol. The van der Waals surface area contributed by atoms with Crippen molar-refractivity contribution in [3.63, 3.8) is 0 Å². The average Bonchev–Trinajstić information content (AvgIpc) is 3.19. The standard InChI is InChI=1S/C18H23N5O2/c24-18(17-12-16(20-21-17)14-3-5-19-6-4-14)23-7-1-2-15(13-23)22-8-10-25-11-9-22/h3-6,12,15H,1-2,7-11,13H2,(H,20,21). The van der Waals surface area contributed by atoms with Gasteiger partial charge in [-0.05, 0) is 31.0 Å². The summed E-state index contributed by atoms with van der Waals surface area (Å²) in [4.78, 5) is 21.3. The second-order valence-corrected chi connectivity index (χ2v) is 6.60. The van der Waals surface area contributed by atoms with Gasteiger partial charge in [-0.1, -0.05) is 0 Å². The number of pyridine rings is 1. The molecule has 4 heterocycles. The van der Waals surface area contributed by atoms with E-state index >= 15 is 0 Å². The first-order chi connectivity index (χ1) is 12.3. The second-order valence-electron chi connectivity index (χ2n) is 6.60. The maximum atomic E-state index is 12.9. The van der Waals surface area contributed by atoms with Crippen LogP contribution in [0, 0.1) is 0 Å². The summed E-state index contributed by atoms with van der Waals surface area (Å²) >= 11 is 0. The molecule has 2 aliphatic heterocycles. The molecule has 132 valence electrons. The zero-order chi connectivity index (χ0) is 17.1. The van der Waals surface area contributed by atoms with Crippen molar-refractivity contribution in [1.82, 2.24) is 25.0 Å². The van der Waals surface area contributed by atoms with Crippen molar-refractivity contribution in [2.45, 2.75) is 18.9 Å². The van der Waals surface area contributed by atoms with Gasteiger partial charge in [-0.15, -0.1) is 0 Å². The van der Waals surface area contributed by atoms with Crippen LogP contribution >= 0.6 is 0 Å². The van der Waals surface area contributed by atoms with Gasteiger partial charge in [0.05, 0.1) is 18.9 Å². The summed E-state index contributed by atoms with van der Waals surface area (Å²) in [6, 6.07) is 6.04. The number of carbonyl (C=O) groups excluding carboxylic acids is 1. The molecule has 2 aromatic heterocycles. The van der Waals surface area contributed by atoms with E-state index < -0.39 is 0 Å². The number of morpholine rings is 1. The number of H-pyrrole nitrogens is 1. The number of likely N-dealkylation sites (tertiary alicyclic amines) is 1. The number of aromatic nitrogens is 3. The van der Waals surface area contributed by atoms with E-state index in [0.29, 0.717) is 11.7 Å². The Hall–Kier alpha value is -2.25. The van der Waals surface area contributed by atoms with Gasteiger partial charge in [0.25, 0.3) is 5.91 Å². The summed E-state index contributed by atoms with van der Waals surface area (Å²) in [7, 11) is 0. The van der Waals surface area contributed by atoms with Crippen LogP contribution in [0.5, 0.6) is 0 Å². The van der Waals surface area contributed by atoms with Crippen LogP contribution in [0.1, 0.15) is 23.3 Å². The first-order valence-corrected chi connectivity index (χ1v) is 8.88. The molecule has 1 amide bonds. The molecule has 0 spiro atoms. The monoisotopic (exact) mass is 341 g/mol. The molecular formula is C18H23N5O2. The van der Waals surface area contributed by atoms with Gasteiger partial charge in [-0.2, -0.15) is 5.10 Å². The number of hydrogen-bond donors (Lipinski definition) is 1. The van der Waals surface area contributed by atoms with E-state index in [2.05, 4.69) is 20.1 Å². The van der Waals surface area contributed by atoms with Crippen molar-refractivity contribution in [2.75, 3.05) is 39.4 Å². The van der Waals surface area contributed by atoms with E-state index in [1.165, 1.54) is 0 Å². The Kier molecular flexibility index (Phi) is 4.76. The first-order valence-electron chi connectivity index (χ1n) is 8.88. The van der Waals surface area contributed by atoms with E-state index in [1.54, 1.807) is 12.4 Å². The molecule has 0 aromatic carbocycles. The minimum atomic E-state index is 0.0331. The Morgan fingerprint density at radius 1 is 1.20 bits per heavy atom. The Morgan fingerprint density at radius 3 is 2.80 bits per heavy atom. The normalized spacial score (nSPS) is 22.1. The van der Waals surface area contributed by atoms with Gasteiger partial charge < -0.3 is 9.64 Å². The molecule has 1 atom stereocenters. The van der Waals surface area contributed by atoms with Crippen LogP contribution in [0.4, 0.5) is 0 Å². The van der Waals surface area contributed by atoms with Crippen molar-refractivity contribution >= 4 is 5.91 Å². The molecule has 2 aromatic rings. The van der Waals surface area contributed by atoms with Crippen molar-refractivity contribution in [2.24, 2.45) is 0 Å². The zero-order valence-corrected chi connectivity index (χ0v) is 14.2. The van der Waals surface area contributed by atoms with Crippen LogP contribution in [0.3, 0.4) is 0 Å². The van der Waals surface area contributed by atoms with Crippen molar-refractivity contribution < 1.29 is 9.53 Å². The smallest absolute Gasteiger partial charge is 0.271 e. The molecule has 0 radical (unpaired) electrons. The van der Waals surface area contributed by atoms with Crippen molar-refractivity contribution in [3.8, 4) is 11.3 Å². The van der Waals surface area contributed by atoms with Crippen LogP contribution in [-0.2, 0) is 4.74 Å². The summed E-state index contributed by atoms with van der Waals surface area (Å²) in [5.41, 5.74) is 2.28. The van der Waals surface area contributed by atoms with Gasteiger partial charge in [0.1, 0.15) is 5.69 Å². The fourth-order valence-corrected chi connectivity index (χ4v) is 3.65. The van der Waals surface area contributed by atoms with Crippen molar-refractivity contribution in [3.05, 3.63) is 36.3 Å². The van der Waals surface area contributed by atoms with Crippen LogP contribution in [0.15, 0.2) is 30.6 Å². The summed E-state index contributed by atoms with van der Waals surface area (Å²) < 4.78 is 5.44. The highest BCUT2D eigenvalue weighted by Crippen LogP contribution is 2.21. The summed E-state index contributed by atoms with van der Waals surface area (Å²) in [5.74, 6) is 0.0331. The number of rotatable bonds is 3. The van der Waals surface area contributed by atoms with Gasteiger partial charge >= 0.3 is 0 Å². The molecule has 4 rings (SSSR count). The minimum Gasteiger partial charge on any atom is -0.379 e. The van der Waals surface area contributed by atoms with Crippen LogP contribution in [0.25, 0.3) is 11.3 Å². The molecule has 1 N–H and O–H groups in total. The Bertz CT molecular complexity index is 711. The summed E-state index contributed by atoms with van der Waals surface area (Å²) in [6.45, 7) is 5.10. The number of carbonyl (C=O) groups is 1. The Balaban J connectivity index is 1.44. The topological polar surface area (TPSA) is 74.4 Å². The number of nitrogens with one attached hydrogen (secondary N) is 1. The Labute approximate surface area is 147 Å². The largest absolute Gasteiger partial charge is 0.379 e. The predicted molar refractivity (Wildman–Crippen MR) is 93.1 cm³/mol. The molecule has 2 fully saturated rings. The van der Waals surface area contributed by atoms with E-state index in [9.17, 15) is 4.79 Å². The minimum absolute atomic E-state index is 0.0331. The third-order valence-corrected chi connectivity index (χ3v) is 5.03. The molecule has 0 aliphatic carbocycles. The first kappa shape index (κ1) is 16.2. The van der Waals surface area contributed by atoms with E-state index in [0.717, 1.165) is 63.5 Å². The second kappa shape index (κ2) is 7.33. The lowest BCUT2D eigenvalue weighted by molar-refractivity contribution is -0.00129. The van der Waals surface area contributed by atoms with E-state index in [-0.39, 0.29) is 5.91 Å². The van der Waals surface area contributed by atoms with Crippen LogP contribution in [-0.4, -0.2) is 76.3 Å². The molecule has 2 saturated heterocycles. The molecule has 1 unspecified atom stereocenters. The predicted octanol–water partition coefficient (Wildman–Crippen LogP) is 1.41. The third kappa shape index (κ3) is 3.57. The summed E-state index contributed by atoms with van der Waals surface area (Å²) in [5, 5.41) is 7.18. The number of hydrogen-bond acceptors (Lipinski definition) is 5. The van der Waals surface area contributed by atoms with Gasteiger partial charge in [0, 0.05) is 50.2 Å². The van der Waals surface area contributed by atoms with Crippen molar-refractivity contribution in [1.29, 1.82) is 0 Å². The average molecular weight is 341 g/mol. The number of nitrogens with zero attached hydrogens (tertiary/aromatic N) is 4. The Morgan fingerprint density at radius 2 is 2.00 bits per heavy atom. The zero-order valence-electron chi connectivity index (χ0n) is 14.2. The highest BCUT2D eigenvalue weighted by molar-refractivity contribution is 5.93. The van der Waals surface area contributed by atoms with Gasteiger partial charge in [0.2, 0.25) is 0 Å². The fraction of sp³-hybridized carbons (Fsp3) is 0.500. The highest BCUT2D eigenvalue weighted by atomic mass is 16.5. The van der Waals surface area contributed by atoms with Crippen LogP contribution < -0.4 is 0 Å². The quantitative estimate of drug-likeness (QED) is 0.914. The van der Waals surface area contributed by atoms with E-state index in [1.807, 2.05) is 23.1 Å².